The van der Waals surface area contributed by atoms with E-state index in [-0.39, 0.29) is 23.7 Å². The Kier molecular flexibility index (Phi) is 5.60. The van der Waals surface area contributed by atoms with Gasteiger partial charge in [-0.3, -0.25) is 0 Å². The smallest absolute Gasteiger partial charge is 0.186 e. The minimum atomic E-state index is -0.501. The van der Waals surface area contributed by atoms with Crippen molar-refractivity contribution in [3.63, 3.8) is 0 Å². The molecule has 1 aliphatic rings. The highest BCUT2D eigenvalue weighted by Gasteiger charge is 2.45. The Balaban J connectivity index is 2.78. The van der Waals surface area contributed by atoms with Crippen LogP contribution < -0.4 is 0 Å². The van der Waals surface area contributed by atoms with E-state index in [1.54, 1.807) is 21.3 Å². The zero-order valence-corrected chi connectivity index (χ0v) is 10.5. The van der Waals surface area contributed by atoms with Gasteiger partial charge in [0.2, 0.25) is 0 Å². The lowest BCUT2D eigenvalue weighted by Crippen LogP contribution is -2.57. The predicted molar refractivity (Wildman–Crippen MR) is 57.6 cm³/mol. The van der Waals surface area contributed by atoms with Crippen molar-refractivity contribution in [1.82, 2.24) is 0 Å². The van der Waals surface area contributed by atoms with E-state index in [9.17, 15) is 0 Å². The molecule has 1 fully saturated rings. The molecule has 1 saturated heterocycles. The standard InChI is InChI=1S/C9H16Cl2O4/c1-12-7-6(11)5(4-10)15-9(14-3)8(7)13-2/h5-9H,4H2,1-3H3/t5-,6+,7-,8-,9-/m1/s1. The molecule has 90 valence electrons. The highest BCUT2D eigenvalue weighted by molar-refractivity contribution is 6.23. The Labute approximate surface area is 99.7 Å². The lowest BCUT2D eigenvalue weighted by atomic mass is 10.0. The molecule has 5 atom stereocenters. The molecule has 0 amide bonds. The minimum absolute atomic E-state index is 0.292. The second-order valence-corrected chi connectivity index (χ2v) is 4.09. The molecule has 0 aromatic heterocycles. The molecule has 0 aromatic rings. The van der Waals surface area contributed by atoms with Crippen LogP contribution in [0.3, 0.4) is 0 Å². The molecular formula is C9H16Cl2O4. The number of methoxy groups -OCH3 is 3. The molecule has 0 aromatic carbocycles. The largest absolute Gasteiger partial charge is 0.377 e. The van der Waals surface area contributed by atoms with E-state index < -0.39 is 6.29 Å². The Morgan fingerprint density at radius 3 is 2.07 bits per heavy atom. The van der Waals surface area contributed by atoms with E-state index >= 15 is 0 Å². The molecule has 6 heteroatoms. The number of rotatable bonds is 4. The quantitative estimate of drug-likeness (QED) is 0.712. The third-order valence-electron chi connectivity index (χ3n) is 2.50. The van der Waals surface area contributed by atoms with Crippen molar-refractivity contribution in [2.45, 2.75) is 30.0 Å². The first-order valence-electron chi connectivity index (χ1n) is 4.63. The summed E-state index contributed by atoms with van der Waals surface area (Å²) in [6.07, 6.45) is -1.44. The average Bonchev–Trinajstić information content (AvgIpc) is 2.28. The van der Waals surface area contributed by atoms with Crippen LogP contribution in [0.25, 0.3) is 0 Å². The summed E-state index contributed by atoms with van der Waals surface area (Å²) in [5.74, 6) is 0.296. The second kappa shape index (κ2) is 6.23. The van der Waals surface area contributed by atoms with Crippen molar-refractivity contribution >= 4 is 23.2 Å². The Morgan fingerprint density at radius 1 is 1.07 bits per heavy atom. The van der Waals surface area contributed by atoms with Gasteiger partial charge in [-0.1, -0.05) is 0 Å². The Morgan fingerprint density at radius 2 is 1.67 bits per heavy atom. The lowest BCUT2D eigenvalue weighted by molar-refractivity contribution is -0.261. The van der Waals surface area contributed by atoms with Gasteiger partial charge < -0.3 is 18.9 Å². The van der Waals surface area contributed by atoms with Crippen LogP contribution in [0.1, 0.15) is 0 Å². The fourth-order valence-electron chi connectivity index (χ4n) is 1.69. The summed E-state index contributed by atoms with van der Waals surface area (Å²) in [6, 6.07) is 0. The van der Waals surface area contributed by atoms with Gasteiger partial charge in [0.1, 0.15) is 12.2 Å². The van der Waals surface area contributed by atoms with Gasteiger partial charge in [-0.05, 0) is 0 Å². The van der Waals surface area contributed by atoms with Crippen LogP contribution in [-0.4, -0.2) is 57.2 Å². The van der Waals surface area contributed by atoms with Crippen molar-refractivity contribution in [1.29, 1.82) is 0 Å². The molecule has 4 nitrogen and oxygen atoms in total. The van der Waals surface area contributed by atoms with Gasteiger partial charge in [-0.15, -0.1) is 23.2 Å². The summed E-state index contributed by atoms with van der Waals surface area (Å²) in [7, 11) is 4.69. The normalized spacial score (nSPS) is 41.8. The van der Waals surface area contributed by atoms with Gasteiger partial charge >= 0.3 is 0 Å². The van der Waals surface area contributed by atoms with Crippen molar-refractivity contribution < 1.29 is 18.9 Å². The summed E-state index contributed by atoms with van der Waals surface area (Å²) in [5.41, 5.74) is 0. The fourth-order valence-corrected chi connectivity index (χ4v) is 2.44. The minimum Gasteiger partial charge on any atom is -0.377 e. The van der Waals surface area contributed by atoms with Crippen molar-refractivity contribution in [2.75, 3.05) is 27.2 Å². The average molecular weight is 259 g/mol. The number of hydrogen-bond acceptors (Lipinski definition) is 4. The zero-order valence-electron chi connectivity index (χ0n) is 8.98. The van der Waals surface area contributed by atoms with Crippen molar-refractivity contribution in [2.24, 2.45) is 0 Å². The maximum Gasteiger partial charge on any atom is 0.186 e. The first-order chi connectivity index (χ1) is 7.19. The predicted octanol–water partition coefficient (Wildman–Crippen LogP) is 1.23. The van der Waals surface area contributed by atoms with E-state index in [2.05, 4.69) is 0 Å². The summed E-state index contributed by atoms with van der Waals surface area (Å²) < 4.78 is 21.3. The molecule has 0 spiro atoms. The molecule has 0 radical (unpaired) electrons. The molecule has 0 N–H and O–H groups in total. The van der Waals surface area contributed by atoms with Crippen molar-refractivity contribution in [3.05, 3.63) is 0 Å². The van der Waals surface area contributed by atoms with Crippen molar-refractivity contribution in [3.8, 4) is 0 Å². The second-order valence-electron chi connectivity index (χ2n) is 3.28. The summed E-state index contributed by atoms with van der Waals surface area (Å²) in [6.45, 7) is 0. The van der Waals surface area contributed by atoms with Gasteiger partial charge in [-0.2, -0.15) is 0 Å². The van der Waals surface area contributed by atoms with Crippen LogP contribution in [-0.2, 0) is 18.9 Å². The number of halogens is 2. The van der Waals surface area contributed by atoms with Crippen LogP contribution in [0.5, 0.6) is 0 Å². The highest BCUT2D eigenvalue weighted by Crippen LogP contribution is 2.29. The van der Waals surface area contributed by atoms with Gasteiger partial charge in [-0.25, -0.2) is 0 Å². The van der Waals surface area contributed by atoms with Crippen LogP contribution in [0.4, 0.5) is 0 Å². The SMILES string of the molecule is CO[C@@H]1O[C@H](CCl)[C@H](Cl)[C@@H](OC)[C@H]1OC. The van der Waals surface area contributed by atoms with Gasteiger partial charge in [0.25, 0.3) is 0 Å². The third kappa shape index (κ3) is 2.75. The molecule has 0 aliphatic carbocycles. The molecule has 1 rings (SSSR count). The van der Waals surface area contributed by atoms with E-state index in [4.69, 9.17) is 42.1 Å². The molecule has 0 saturated carbocycles. The molecular weight excluding hydrogens is 243 g/mol. The fraction of sp³-hybridized carbons (Fsp3) is 1.00. The maximum absolute atomic E-state index is 6.17. The van der Waals surface area contributed by atoms with Gasteiger partial charge in [0.15, 0.2) is 6.29 Å². The molecule has 0 unspecified atom stereocenters. The zero-order chi connectivity index (χ0) is 11.4. The molecule has 1 aliphatic heterocycles. The van der Waals surface area contributed by atoms with E-state index in [0.717, 1.165) is 0 Å². The van der Waals surface area contributed by atoms with Crippen LogP contribution in [0.2, 0.25) is 0 Å². The molecule has 0 bridgehead atoms. The van der Waals surface area contributed by atoms with E-state index in [1.165, 1.54) is 0 Å². The van der Waals surface area contributed by atoms with E-state index in [0.29, 0.717) is 5.88 Å². The lowest BCUT2D eigenvalue weighted by Gasteiger charge is -2.42. The first kappa shape index (κ1) is 13.5. The topological polar surface area (TPSA) is 36.9 Å². The van der Waals surface area contributed by atoms with Crippen LogP contribution in [0, 0.1) is 0 Å². The maximum atomic E-state index is 6.17. The van der Waals surface area contributed by atoms with Crippen LogP contribution in [0.15, 0.2) is 0 Å². The Bertz CT molecular complexity index is 193. The summed E-state index contributed by atoms with van der Waals surface area (Å²) >= 11 is 11.9. The monoisotopic (exact) mass is 258 g/mol. The number of ether oxygens (including phenoxy) is 4. The first-order valence-corrected chi connectivity index (χ1v) is 5.60. The summed E-state index contributed by atoms with van der Waals surface area (Å²) in [5, 5.41) is -0.344. The van der Waals surface area contributed by atoms with Gasteiger partial charge in [0.05, 0.1) is 17.4 Å². The molecule has 1 heterocycles. The summed E-state index contributed by atoms with van der Waals surface area (Å²) in [4.78, 5) is 0. The highest BCUT2D eigenvalue weighted by atomic mass is 35.5. The van der Waals surface area contributed by atoms with Gasteiger partial charge in [0, 0.05) is 21.3 Å². The van der Waals surface area contributed by atoms with Crippen LogP contribution >= 0.6 is 23.2 Å². The van der Waals surface area contributed by atoms with E-state index in [1.807, 2.05) is 0 Å². The number of hydrogen-bond donors (Lipinski definition) is 0. The third-order valence-corrected chi connectivity index (χ3v) is 3.33. The Hall–Kier alpha value is 0.420. The number of alkyl halides is 2. The molecule has 15 heavy (non-hydrogen) atoms.